The largest absolute Gasteiger partial charge is 0.303 e. The number of carbonyl (C=O) groups is 3. The van der Waals surface area contributed by atoms with Gasteiger partial charge in [-0.3, -0.25) is 9.59 Å². The molecule has 3 nitrogen and oxygen atoms in total. The number of aldehydes is 1. The van der Waals surface area contributed by atoms with Crippen LogP contribution in [-0.4, -0.2) is 17.9 Å². The third-order valence-electron chi connectivity index (χ3n) is 3.85. The zero-order chi connectivity index (χ0) is 15.9. The van der Waals surface area contributed by atoms with Crippen molar-refractivity contribution in [3.05, 3.63) is 69.2 Å². The van der Waals surface area contributed by atoms with Crippen LogP contribution in [0.2, 0.25) is 10.0 Å². The predicted molar refractivity (Wildman–Crippen MR) is 83.9 cm³/mol. The Morgan fingerprint density at radius 3 is 2.05 bits per heavy atom. The molecule has 0 aromatic heterocycles. The summed E-state index contributed by atoms with van der Waals surface area (Å²) in [6.07, 6.45) is 0.599. The third kappa shape index (κ3) is 2.27. The number of Topliss-reactive ketones (excluding diaryl/α,β-unsaturated/α-hetero) is 2. The molecule has 1 aliphatic rings. The van der Waals surface area contributed by atoms with E-state index in [9.17, 15) is 14.4 Å². The molecular formula is C17H10Cl2O3. The smallest absolute Gasteiger partial charge is 0.175 e. The minimum absolute atomic E-state index is 0.265. The fourth-order valence-electron chi connectivity index (χ4n) is 2.80. The number of hydrogen-bond donors (Lipinski definition) is 0. The van der Waals surface area contributed by atoms with E-state index >= 15 is 0 Å². The molecule has 0 heterocycles. The fourth-order valence-corrected chi connectivity index (χ4v) is 3.33. The normalized spacial score (nSPS) is 15.7. The van der Waals surface area contributed by atoms with Gasteiger partial charge in [0.1, 0.15) is 6.29 Å². The van der Waals surface area contributed by atoms with Crippen molar-refractivity contribution in [3.8, 4) is 0 Å². The van der Waals surface area contributed by atoms with E-state index in [1.54, 1.807) is 36.4 Å². The summed E-state index contributed by atoms with van der Waals surface area (Å²) in [6.45, 7) is 0. The van der Waals surface area contributed by atoms with Crippen LogP contribution in [0.4, 0.5) is 0 Å². The van der Waals surface area contributed by atoms with Crippen molar-refractivity contribution in [2.24, 2.45) is 5.92 Å². The Hall–Kier alpha value is -1.97. The summed E-state index contributed by atoms with van der Waals surface area (Å²) < 4.78 is 0. The molecule has 0 aliphatic heterocycles. The van der Waals surface area contributed by atoms with Gasteiger partial charge in [0.05, 0.1) is 11.8 Å². The summed E-state index contributed by atoms with van der Waals surface area (Å²) in [4.78, 5) is 36.6. The van der Waals surface area contributed by atoms with Gasteiger partial charge in [-0.2, -0.15) is 0 Å². The molecule has 2 aromatic rings. The minimum Gasteiger partial charge on any atom is -0.303 e. The molecule has 0 bridgehead atoms. The maximum atomic E-state index is 12.5. The zero-order valence-electron chi connectivity index (χ0n) is 11.3. The second-order valence-corrected chi connectivity index (χ2v) is 5.92. The lowest BCUT2D eigenvalue weighted by Gasteiger charge is -2.17. The van der Waals surface area contributed by atoms with Crippen LogP contribution in [0.5, 0.6) is 0 Å². The van der Waals surface area contributed by atoms with E-state index in [0.29, 0.717) is 28.0 Å². The van der Waals surface area contributed by atoms with Crippen LogP contribution in [-0.2, 0) is 4.79 Å². The molecule has 1 atom stereocenters. The lowest BCUT2D eigenvalue weighted by Crippen LogP contribution is -2.25. The monoisotopic (exact) mass is 332 g/mol. The van der Waals surface area contributed by atoms with E-state index in [1.807, 2.05) is 0 Å². The van der Waals surface area contributed by atoms with Gasteiger partial charge >= 0.3 is 0 Å². The SMILES string of the molecule is O=CC(c1ccc(Cl)cc1Cl)C1C(=O)c2ccccc2C1=O. The summed E-state index contributed by atoms with van der Waals surface area (Å²) in [5.74, 6) is -2.67. The number of carbonyl (C=O) groups excluding carboxylic acids is 3. The first-order valence-electron chi connectivity index (χ1n) is 6.62. The lowest BCUT2D eigenvalue weighted by atomic mass is 9.84. The van der Waals surface area contributed by atoms with E-state index in [0.717, 1.165) is 0 Å². The Balaban J connectivity index is 2.08. The Kier molecular flexibility index (Phi) is 3.85. The van der Waals surface area contributed by atoms with Crippen LogP contribution in [0.1, 0.15) is 32.2 Å². The standard InChI is InChI=1S/C17H10Cl2O3/c18-9-5-6-10(14(19)7-9)13(8-20)15-16(21)11-3-1-2-4-12(11)17(15)22/h1-8,13,15H. The summed E-state index contributed by atoms with van der Waals surface area (Å²) in [5, 5.41) is 0.687. The highest BCUT2D eigenvalue weighted by atomic mass is 35.5. The highest BCUT2D eigenvalue weighted by Gasteiger charge is 2.44. The molecule has 22 heavy (non-hydrogen) atoms. The first-order chi connectivity index (χ1) is 10.5. The second kappa shape index (κ2) is 5.67. The van der Waals surface area contributed by atoms with Gasteiger partial charge < -0.3 is 4.79 Å². The zero-order valence-corrected chi connectivity index (χ0v) is 12.8. The van der Waals surface area contributed by atoms with Crippen molar-refractivity contribution in [1.82, 2.24) is 0 Å². The molecule has 3 rings (SSSR count). The molecule has 110 valence electrons. The average Bonchev–Trinajstić information content (AvgIpc) is 2.75. The second-order valence-electron chi connectivity index (χ2n) is 5.08. The first kappa shape index (κ1) is 14.9. The van der Waals surface area contributed by atoms with Crippen molar-refractivity contribution in [2.45, 2.75) is 5.92 Å². The molecule has 1 unspecified atom stereocenters. The van der Waals surface area contributed by atoms with E-state index in [-0.39, 0.29) is 16.6 Å². The van der Waals surface area contributed by atoms with Crippen LogP contribution >= 0.6 is 23.2 Å². The Labute approximate surface area is 136 Å². The van der Waals surface area contributed by atoms with Gasteiger partial charge in [0.15, 0.2) is 11.6 Å². The molecule has 0 fully saturated rings. The van der Waals surface area contributed by atoms with Crippen molar-refractivity contribution >= 4 is 41.1 Å². The molecule has 5 heteroatoms. The highest BCUT2D eigenvalue weighted by molar-refractivity contribution is 6.35. The van der Waals surface area contributed by atoms with Crippen molar-refractivity contribution in [3.63, 3.8) is 0 Å². The number of rotatable bonds is 3. The number of fused-ring (bicyclic) bond motifs is 1. The van der Waals surface area contributed by atoms with Gasteiger partial charge in [0, 0.05) is 21.2 Å². The number of benzene rings is 2. The van der Waals surface area contributed by atoms with Crippen LogP contribution in [0.3, 0.4) is 0 Å². The minimum atomic E-state index is -1.06. The van der Waals surface area contributed by atoms with Crippen molar-refractivity contribution in [1.29, 1.82) is 0 Å². The average molecular weight is 333 g/mol. The van der Waals surface area contributed by atoms with Gasteiger partial charge in [-0.25, -0.2) is 0 Å². The van der Waals surface area contributed by atoms with Crippen LogP contribution in [0, 0.1) is 5.92 Å². The molecule has 2 aromatic carbocycles. The molecule has 0 radical (unpaired) electrons. The van der Waals surface area contributed by atoms with Crippen LogP contribution in [0.25, 0.3) is 0 Å². The van der Waals surface area contributed by atoms with Gasteiger partial charge in [-0.1, -0.05) is 53.5 Å². The van der Waals surface area contributed by atoms with Gasteiger partial charge in [-0.05, 0) is 17.7 Å². The number of hydrogen-bond acceptors (Lipinski definition) is 3. The highest BCUT2D eigenvalue weighted by Crippen LogP contribution is 2.38. The molecule has 0 saturated carbocycles. The van der Waals surface area contributed by atoms with Crippen molar-refractivity contribution in [2.75, 3.05) is 0 Å². The van der Waals surface area contributed by atoms with E-state index < -0.39 is 11.8 Å². The Bertz CT molecular complexity index is 763. The van der Waals surface area contributed by atoms with E-state index in [1.165, 1.54) is 6.07 Å². The number of halogens is 2. The molecule has 0 saturated heterocycles. The molecule has 0 N–H and O–H groups in total. The van der Waals surface area contributed by atoms with E-state index in [2.05, 4.69) is 0 Å². The molecule has 1 aliphatic carbocycles. The molecular weight excluding hydrogens is 323 g/mol. The van der Waals surface area contributed by atoms with Crippen LogP contribution in [0.15, 0.2) is 42.5 Å². The first-order valence-corrected chi connectivity index (χ1v) is 7.38. The van der Waals surface area contributed by atoms with Gasteiger partial charge in [-0.15, -0.1) is 0 Å². The van der Waals surface area contributed by atoms with Crippen LogP contribution < -0.4 is 0 Å². The maximum absolute atomic E-state index is 12.5. The van der Waals surface area contributed by atoms with Gasteiger partial charge in [0.25, 0.3) is 0 Å². The molecule has 0 spiro atoms. The number of ketones is 2. The summed E-state index contributed by atoms with van der Waals surface area (Å²) >= 11 is 12.0. The van der Waals surface area contributed by atoms with E-state index in [4.69, 9.17) is 23.2 Å². The van der Waals surface area contributed by atoms with Gasteiger partial charge in [0.2, 0.25) is 0 Å². The quantitative estimate of drug-likeness (QED) is 0.631. The lowest BCUT2D eigenvalue weighted by molar-refractivity contribution is -0.109. The molecule has 0 amide bonds. The predicted octanol–water partition coefficient (Wildman–Crippen LogP) is 3.97. The topological polar surface area (TPSA) is 51.2 Å². The Morgan fingerprint density at radius 1 is 0.955 bits per heavy atom. The fraction of sp³-hybridized carbons (Fsp3) is 0.118. The maximum Gasteiger partial charge on any atom is 0.175 e. The summed E-state index contributed by atoms with van der Waals surface area (Å²) in [7, 11) is 0. The Morgan fingerprint density at radius 2 is 1.55 bits per heavy atom. The summed E-state index contributed by atoms with van der Waals surface area (Å²) in [5.41, 5.74) is 1.14. The van der Waals surface area contributed by atoms with Crippen molar-refractivity contribution < 1.29 is 14.4 Å². The summed E-state index contributed by atoms with van der Waals surface area (Å²) in [6, 6.07) is 11.2. The third-order valence-corrected chi connectivity index (χ3v) is 4.41.